The minimum atomic E-state index is -0.713. The third-order valence-electron chi connectivity index (χ3n) is 4.00. The van der Waals surface area contributed by atoms with E-state index in [9.17, 15) is 9.18 Å². The average Bonchev–Trinajstić information content (AvgIpc) is 3.02. The third-order valence-corrected chi connectivity index (χ3v) is 4.59. The summed E-state index contributed by atoms with van der Waals surface area (Å²) >= 11 is 12.0. The number of carbonyl (C=O) groups is 1. The number of hydrogen-bond donors (Lipinski definition) is 1. The molecule has 0 aliphatic carbocycles. The molecule has 0 aliphatic rings. The van der Waals surface area contributed by atoms with E-state index in [1.165, 1.54) is 6.07 Å². The largest absolute Gasteiger partial charge is 0.342 e. The van der Waals surface area contributed by atoms with Crippen molar-refractivity contribution in [3.05, 3.63) is 87.7 Å². The third kappa shape index (κ3) is 4.06. The second-order valence-electron chi connectivity index (χ2n) is 5.83. The summed E-state index contributed by atoms with van der Waals surface area (Å²) in [6, 6.07) is 10.5. The Hall–Kier alpha value is -2.37. The van der Waals surface area contributed by atoms with Crippen molar-refractivity contribution in [1.82, 2.24) is 14.9 Å². The van der Waals surface area contributed by atoms with Gasteiger partial charge >= 0.3 is 0 Å². The maximum Gasteiger partial charge on any atom is 0.225 e. The Morgan fingerprint density at radius 2 is 2.04 bits per heavy atom. The molecule has 0 radical (unpaired) electrons. The second-order valence-corrected chi connectivity index (χ2v) is 6.67. The van der Waals surface area contributed by atoms with E-state index >= 15 is 0 Å². The Morgan fingerprint density at radius 1 is 1.27 bits per heavy atom. The van der Waals surface area contributed by atoms with Gasteiger partial charge in [0.25, 0.3) is 0 Å². The van der Waals surface area contributed by atoms with E-state index in [4.69, 9.17) is 23.2 Å². The van der Waals surface area contributed by atoms with E-state index < -0.39 is 11.9 Å². The lowest BCUT2D eigenvalue weighted by atomic mass is 10.0. The van der Waals surface area contributed by atoms with E-state index in [0.29, 0.717) is 27.0 Å². The zero-order chi connectivity index (χ0) is 18.7. The predicted molar refractivity (Wildman–Crippen MR) is 99.8 cm³/mol. The van der Waals surface area contributed by atoms with Gasteiger partial charge in [-0.1, -0.05) is 47.5 Å². The number of amides is 1. The highest BCUT2D eigenvalue weighted by molar-refractivity contribution is 6.35. The Morgan fingerprint density at radius 3 is 2.69 bits per heavy atom. The first-order valence-electron chi connectivity index (χ1n) is 7.90. The number of aryl methyl sites for hydroxylation is 1. The average molecular weight is 392 g/mol. The summed E-state index contributed by atoms with van der Waals surface area (Å²) in [5.74, 6) is -0.179. The quantitative estimate of drug-likeness (QED) is 0.703. The summed E-state index contributed by atoms with van der Waals surface area (Å²) in [6.07, 6.45) is 3.39. The molecule has 0 fully saturated rings. The van der Waals surface area contributed by atoms with Gasteiger partial charge in [0.1, 0.15) is 17.7 Å². The molecule has 26 heavy (non-hydrogen) atoms. The lowest BCUT2D eigenvalue weighted by molar-refractivity contribution is -0.121. The van der Waals surface area contributed by atoms with Crippen LogP contribution in [-0.2, 0) is 18.3 Å². The first-order valence-corrected chi connectivity index (χ1v) is 8.66. The van der Waals surface area contributed by atoms with Crippen LogP contribution in [0.1, 0.15) is 23.0 Å². The standard InChI is InChI=1S/C19H16Cl2FN3O/c1-25-9-8-23-19(25)18(14-4-2-3-5-16(14)22)24-17(26)10-12-6-7-13(20)11-15(12)21/h2-9,11,18H,10H2,1H3,(H,24,26)/t18-/m1/s1. The first-order chi connectivity index (χ1) is 12.5. The van der Waals surface area contributed by atoms with Crippen LogP contribution in [0.15, 0.2) is 54.9 Å². The number of carbonyl (C=O) groups excluding carboxylic acids is 1. The number of rotatable bonds is 5. The molecule has 0 unspecified atom stereocenters. The Labute approximate surface area is 160 Å². The minimum Gasteiger partial charge on any atom is -0.342 e. The van der Waals surface area contributed by atoms with Gasteiger partial charge in [-0.3, -0.25) is 4.79 Å². The van der Waals surface area contributed by atoms with E-state index in [-0.39, 0.29) is 12.3 Å². The number of benzene rings is 2. The number of imidazole rings is 1. The van der Waals surface area contributed by atoms with Crippen molar-refractivity contribution in [2.45, 2.75) is 12.5 Å². The summed E-state index contributed by atoms with van der Waals surface area (Å²) in [6.45, 7) is 0. The van der Waals surface area contributed by atoms with Crippen LogP contribution in [-0.4, -0.2) is 15.5 Å². The molecule has 0 spiro atoms. The van der Waals surface area contributed by atoms with Gasteiger partial charge in [-0.15, -0.1) is 0 Å². The highest BCUT2D eigenvalue weighted by Gasteiger charge is 2.23. The molecule has 1 heterocycles. The Kier molecular flexibility index (Phi) is 5.59. The van der Waals surface area contributed by atoms with Gasteiger partial charge in [0.15, 0.2) is 0 Å². The molecule has 0 bridgehead atoms. The zero-order valence-electron chi connectivity index (χ0n) is 13.9. The number of aromatic nitrogens is 2. The minimum absolute atomic E-state index is 0.0470. The maximum absolute atomic E-state index is 14.3. The lowest BCUT2D eigenvalue weighted by Gasteiger charge is -2.20. The van der Waals surface area contributed by atoms with Crippen molar-refractivity contribution in [1.29, 1.82) is 0 Å². The summed E-state index contributed by atoms with van der Waals surface area (Å²) in [5, 5.41) is 3.76. The van der Waals surface area contributed by atoms with Crippen molar-refractivity contribution >= 4 is 29.1 Å². The van der Waals surface area contributed by atoms with Gasteiger partial charge in [0, 0.05) is 35.1 Å². The van der Waals surface area contributed by atoms with Crippen molar-refractivity contribution in [2.75, 3.05) is 0 Å². The molecular formula is C19H16Cl2FN3O. The molecule has 0 saturated carbocycles. The molecule has 3 aromatic rings. The molecule has 4 nitrogen and oxygen atoms in total. The Bertz CT molecular complexity index is 942. The van der Waals surface area contributed by atoms with E-state index in [1.54, 1.807) is 60.4 Å². The van der Waals surface area contributed by atoms with Crippen LogP contribution in [0.25, 0.3) is 0 Å². The second kappa shape index (κ2) is 7.89. The fourth-order valence-corrected chi connectivity index (χ4v) is 3.17. The van der Waals surface area contributed by atoms with E-state index in [0.717, 1.165) is 0 Å². The predicted octanol–water partition coefficient (Wildman–Crippen LogP) is 4.31. The van der Waals surface area contributed by atoms with Gasteiger partial charge in [-0.05, 0) is 23.8 Å². The highest BCUT2D eigenvalue weighted by atomic mass is 35.5. The van der Waals surface area contributed by atoms with E-state index in [1.807, 2.05) is 0 Å². The van der Waals surface area contributed by atoms with Gasteiger partial charge in [0.05, 0.1) is 6.42 Å². The van der Waals surface area contributed by atoms with Crippen LogP contribution in [0.2, 0.25) is 10.0 Å². The molecule has 7 heteroatoms. The van der Waals surface area contributed by atoms with Crippen molar-refractivity contribution in [3.63, 3.8) is 0 Å². The molecule has 1 atom stereocenters. The van der Waals surface area contributed by atoms with Crippen molar-refractivity contribution in [3.8, 4) is 0 Å². The van der Waals surface area contributed by atoms with Gasteiger partial charge < -0.3 is 9.88 Å². The fraction of sp³-hybridized carbons (Fsp3) is 0.158. The molecule has 134 valence electrons. The summed E-state index contributed by atoms with van der Waals surface area (Å²) in [7, 11) is 1.79. The number of halogens is 3. The SMILES string of the molecule is Cn1ccnc1[C@H](NC(=O)Cc1ccc(Cl)cc1Cl)c1ccccc1F. The van der Waals surface area contributed by atoms with Crippen LogP contribution >= 0.6 is 23.2 Å². The van der Waals surface area contributed by atoms with Gasteiger partial charge in [-0.25, -0.2) is 9.37 Å². The van der Waals surface area contributed by atoms with Crippen LogP contribution in [0.3, 0.4) is 0 Å². The van der Waals surface area contributed by atoms with Crippen LogP contribution in [0.5, 0.6) is 0 Å². The molecule has 3 rings (SSSR count). The number of hydrogen-bond acceptors (Lipinski definition) is 2. The molecule has 1 amide bonds. The van der Waals surface area contributed by atoms with Crippen LogP contribution in [0.4, 0.5) is 4.39 Å². The van der Waals surface area contributed by atoms with Gasteiger partial charge in [-0.2, -0.15) is 0 Å². The van der Waals surface area contributed by atoms with Crippen molar-refractivity contribution < 1.29 is 9.18 Å². The monoisotopic (exact) mass is 391 g/mol. The molecule has 2 aromatic carbocycles. The molecule has 1 N–H and O–H groups in total. The fourth-order valence-electron chi connectivity index (χ4n) is 2.70. The Balaban J connectivity index is 1.87. The van der Waals surface area contributed by atoms with Crippen molar-refractivity contribution in [2.24, 2.45) is 7.05 Å². The topological polar surface area (TPSA) is 46.9 Å². The number of nitrogens with one attached hydrogen (secondary N) is 1. The van der Waals surface area contributed by atoms with Crippen LogP contribution < -0.4 is 5.32 Å². The van der Waals surface area contributed by atoms with Gasteiger partial charge in [0.2, 0.25) is 5.91 Å². The molecule has 0 aliphatic heterocycles. The highest BCUT2D eigenvalue weighted by Crippen LogP contribution is 2.25. The zero-order valence-corrected chi connectivity index (χ0v) is 15.4. The molecular weight excluding hydrogens is 376 g/mol. The maximum atomic E-state index is 14.3. The summed E-state index contributed by atoms with van der Waals surface area (Å²) in [4.78, 5) is 16.8. The van der Waals surface area contributed by atoms with E-state index in [2.05, 4.69) is 10.3 Å². The molecule has 0 saturated heterocycles. The lowest BCUT2D eigenvalue weighted by Crippen LogP contribution is -2.32. The summed E-state index contributed by atoms with van der Waals surface area (Å²) in [5.41, 5.74) is 0.984. The first kappa shape index (κ1) is 18.4. The molecule has 1 aromatic heterocycles. The van der Waals surface area contributed by atoms with Crippen LogP contribution in [0, 0.1) is 5.82 Å². The summed E-state index contributed by atoms with van der Waals surface area (Å²) < 4.78 is 16.1. The normalized spacial score (nSPS) is 12.0. The smallest absolute Gasteiger partial charge is 0.225 e. The number of nitrogens with zero attached hydrogens (tertiary/aromatic N) is 2.